The van der Waals surface area contributed by atoms with Crippen LogP contribution in [-0.2, 0) is 0 Å². The van der Waals surface area contributed by atoms with Gasteiger partial charge in [-0.25, -0.2) is 0 Å². The van der Waals surface area contributed by atoms with E-state index in [1.54, 1.807) is 0 Å². The summed E-state index contributed by atoms with van der Waals surface area (Å²) in [5, 5.41) is 14.0. The van der Waals surface area contributed by atoms with E-state index in [0.29, 0.717) is 6.04 Å². The zero-order chi connectivity index (χ0) is 11.0. The quantitative estimate of drug-likeness (QED) is 0.750. The Bertz CT molecular complexity index is 242. The minimum Gasteiger partial charge on any atom is -0.389 e. The van der Waals surface area contributed by atoms with Gasteiger partial charge < -0.3 is 15.3 Å². The molecule has 0 aromatic rings. The highest BCUT2D eigenvalue weighted by Crippen LogP contribution is 2.31. The van der Waals surface area contributed by atoms with Crippen molar-refractivity contribution < 1.29 is 5.11 Å². The number of nitrogens with one attached hydrogen (secondary N) is 1. The average Bonchev–Trinajstić information content (AvgIpc) is 2.76. The van der Waals surface area contributed by atoms with Crippen molar-refractivity contribution in [3.63, 3.8) is 0 Å². The number of piperidine rings is 3. The fourth-order valence-electron chi connectivity index (χ4n) is 3.73. The Labute approximate surface area is 98.2 Å². The van der Waals surface area contributed by atoms with Crippen molar-refractivity contribution in [3.05, 3.63) is 0 Å². The van der Waals surface area contributed by atoms with Crippen LogP contribution >= 0.6 is 0 Å². The number of nitrogens with zero attached hydrogens (tertiary/aromatic N) is 1. The first-order valence-electron chi connectivity index (χ1n) is 6.93. The van der Waals surface area contributed by atoms with Crippen LogP contribution < -0.4 is 5.32 Å². The Morgan fingerprint density at radius 1 is 1.19 bits per heavy atom. The molecule has 1 aliphatic carbocycles. The lowest BCUT2D eigenvalue weighted by molar-refractivity contribution is 0.0233. The summed E-state index contributed by atoms with van der Waals surface area (Å²) in [6.45, 7) is 4.63. The summed E-state index contributed by atoms with van der Waals surface area (Å²) in [7, 11) is 0. The van der Waals surface area contributed by atoms with E-state index in [2.05, 4.69) is 10.2 Å². The van der Waals surface area contributed by atoms with Crippen LogP contribution in [-0.4, -0.2) is 47.8 Å². The molecule has 3 heteroatoms. The van der Waals surface area contributed by atoms with Gasteiger partial charge in [0.1, 0.15) is 0 Å². The van der Waals surface area contributed by atoms with Gasteiger partial charge >= 0.3 is 0 Å². The summed E-state index contributed by atoms with van der Waals surface area (Å²) in [5.41, 5.74) is -0.383. The molecule has 3 nitrogen and oxygen atoms in total. The molecule has 2 bridgehead atoms. The lowest BCUT2D eigenvalue weighted by Crippen LogP contribution is -2.58. The lowest BCUT2D eigenvalue weighted by atomic mass is 9.83. The highest BCUT2D eigenvalue weighted by Gasteiger charge is 2.36. The van der Waals surface area contributed by atoms with Crippen molar-refractivity contribution in [3.8, 4) is 0 Å². The minimum atomic E-state index is -0.383. The van der Waals surface area contributed by atoms with Crippen molar-refractivity contribution in [1.29, 1.82) is 0 Å². The van der Waals surface area contributed by atoms with E-state index >= 15 is 0 Å². The molecular weight excluding hydrogens is 200 g/mol. The molecule has 92 valence electrons. The minimum absolute atomic E-state index is 0.383. The molecule has 0 radical (unpaired) electrons. The maximum absolute atomic E-state index is 10.3. The lowest BCUT2D eigenvalue weighted by Gasteiger charge is -2.45. The number of rotatable bonds is 3. The molecular formula is C13H24N2O. The molecule has 4 fully saturated rings. The van der Waals surface area contributed by atoms with Gasteiger partial charge in [0.2, 0.25) is 0 Å². The molecule has 16 heavy (non-hydrogen) atoms. The number of hydrogen-bond acceptors (Lipinski definition) is 3. The molecule has 0 aromatic carbocycles. The summed E-state index contributed by atoms with van der Waals surface area (Å²) in [5.74, 6) is 0.870. The summed E-state index contributed by atoms with van der Waals surface area (Å²) in [4.78, 5) is 2.57. The molecule has 0 amide bonds. The summed E-state index contributed by atoms with van der Waals surface area (Å²) in [6.07, 6.45) is 7.13. The van der Waals surface area contributed by atoms with Gasteiger partial charge in [0.25, 0.3) is 0 Å². The SMILES string of the molecule is OC1(CNC2CN3CCC2CC3)CCCC1. The largest absolute Gasteiger partial charge is 0.389 e. The third-order valence-electron chi connectivity index (χ3n) is 4.88. The van der Waals surface area contributed by atoms with Gasteiger partial charge in [0.05, 0.1) is 5.60 Å². The summed E-state index contributed by atoms with van der Waals surface area (Å²) >= 11 is 0. The normalized spacial score (nSPS) is 41.4. The molecule has 4 rings (SSSR count). The van der Waals surface area contributed by atoms with Crippen LogP contribution in [0.4, 0.5) is 0 Å². The van der Waals surface area contributed by atoms with Crippen molar-refractivity contribution in [2.24, 2.45) is 5.92 Å². The Morgan fingerprint density at radius 2 is 1.88 bits per heavy atom. The first kappa shape index (κ1) is 11.0. The van der Waals surface area contributed by atoms with E-state index in [-0.39, 0.29) is 5.60 Å². The van der Waals surface area contributed by atoms with E-state index in [1.807, 2.05) is 0 Å². The predicted molar refractivity (Wildman–Crippen MR) is 64.4 cm³/mol. The summed E-state index contributed by atoms with van der Waals surface area (Å²) < 4.78 is 0. The average molecular weight is 224 g/mol. The third-order valence-corrected chi connectivity index (χ3v) is 4.88. The Morgan fingerprint density at radius 3 is 2.44 bits per heavy atom. The van der Waals surface area contributed by atoms with Crippen LogP contribution in [0.2, 0.25) is 0 Å². The molecule has 3 heterocycles. The second-order valence-corrected chi connectivity index (χ2v) is 6.06. The van der Waals surface area contributed by atoms with Crippen molar-refractivity contribution in [2.45, 2.75) is 50.2 Å². The molecule has 1 unspecified atom stereocenters. The standard InChI is InChI=1S/C13H24N2O/c16-13(5-1-2-6-13)10-14-12-9-15-7-3-11(12)4-8-15/h11-12,14,16H,1-10H2. The Hall–Kier alpha value is -0.120. The fraction of sp³-hybridized carbons (Fsp3) is 1.00. The highest BCUT2D eigenvalue weighted by molar-refractivity contribution is 4.94. The maximum atomic E-state index is 10.3. The summed E-state index contributed by atoms with van der Waals surface area (Å²) in [6, 6.07) is 0.645. The van der Waals surface area contributed by atoms with E-state index < -0.39 is 0 Å². The second kappa shape index (κ2) is 4.28. The van der Waals surface area contributed by atoms with Gasteiger partial charge in [0, 0.05) is 19.1 Å². The first-order chi connectivity index (χ1) is 7.75. The van der Waals surface area contributed by atoms with Gasteiger partial charge in [0.15, 0.2) is 0 Å². The zero-order valence-electron chi connectivity index (χ0n) is 10.1. The van der Waals surface area contributed by atoms with Crippen molar-refractivity contribution in [1.82, 2.24) is 10.2 Å². The molecule has 0 aromatic heterocycles. The maximum Gasteiger partial charge on any atom is 0.0771 e. The van der Waals surface area contributed by atoms with Gasteiger partial charge in [-0.05, 0) is 44.7 Å². The van der Waals surface area contributed by atoms with Crippen LogP contribution in [0.15, 0.2) is 0 Å². The van der Waals surface area contributed by atoms with E-state index in [1.165, 1.54) is 45.3 Å². The fourth-order valence-corrected chi connectivity index (χ4v) is 3.73. The second-order valence-electron chi connectivity index (χ2n) is 6.06. The van der Waals surface area contributed by atoms with E-state index in [9.17, 15) is 5.11 Å². The highest BCUT2D eigenvalue weighted by atomic mass is 16.3. The van der Waals surface area contributed by atoms with Gasteiger partial charge in [-0.3, -0.25) is 0 Å². The monoisotopic (exact) mass is 224 g/mol. The number of aliphatic hydroxyl groups is 1. The third kappa shape index (κ3) is 2.13. The smallest absolute Gasteiger partial charge is 0.0771 e. The van der Waals surface area contributed by atoms with Crippen LogP contribution in [0.1, 0.15) is 38.5 Å². The van der Waals surface area contributed by atoms with Gasteiger partial charge in [-0.15, -0.1) is 0 Å². The van der Waals surface area contributed by atoms with Crippen LogP contribution in [0.25, 0.3) is 0 Å². The molecule has 0 spiro atoms. The van der Waals surface area contributed by atoms with Gasteiger partial charge in [-0.1, -0.05) is 12.8 Å². The Balaban J connectivity index is 1.51. The first-order valence-corrected chi connectivity index (χ1v) is 6.93. The number of hydrogen-bond donors (Lipinski definition) is 2. The van der Waals surface area contributed by atoms with Crippen molar-refractivity contribution in [2.75, 3.05) is 26.2 Å². The Kier molecular flexibility index (Phi) is 2.94. The van der Waals surface area contributed by atoms with Gasteiger partial charge in [-0.2, -0.15) is 0 Å². The molecule has 3 aliphatic heterocycles. The molecule has 2 N–H and O–H groups in total. The van der Waals surface area contributed by atoms with Crippen LogP contribution in [0, 0.1) is 5.92 Å². The van der Waals surface area contributed by atoms with E-state index in [0.717, 1.165) is 25.3 Å². The topological polar surface area (TPSA) is 35.5 Å². The zero-order valence-corrected chi connectivity index (χ0v) is 10.1. The molecule has 3 saturated heterocycles. The predicted octanol–water partition coefficient (Wildman–Crippen LogP) is 0.975. The molecule has 4 aliphatic rings. The molecule has 1 atom stereocenters. The van der Waals surface area contributed by atoms with Crippen LogP contribution in [0.5, 0.6) is 0 Å². The van der Waals surface area contributed by atoms with Crippen LogP contribution in [0.3, 0.4) is 0 Å². The number of fused-ring (bicyclic) bond motifs is 3. The molecule has 1 saturated carbocycles. The van der Waals surface area contributed by atoms with Crippen molar-refractivity contribution >= 4 is 0 Å². The van der Waals surface area contributed by atoms with E-state index in [4.69, 9.17) is 0 Å².